The molecule has 3 N–H and O–H groups in total. The molecule has 0 radical (unpaired) electrons. The van der Waals surface area contributed by atoms with Crippen molar-refractivity contribution < 1.29 is 9.21 Å². The molecule has 2 heterocycles. The van der Waals surface area contributed by atoms with Gasteiger partial charge in [0, 0.05) is 19.4 Å². The Balaban J connectivity index is 2.07. The van der Waals surface area contributed by atoms with E-state index in [-0.39, 0.29) is 5.91 Å². The number of nitrogen functional groups attached to an aromatic ring is 1. The summed E-state index contributed by atoms with van der Waals surface area (Å²) in [6, 6.07) is 1.59. The predicted octanol–water partition coefficient (Wildman–Crippen LogP) is 0.909. The van der Waals surface area contributed by atoms with E-state index in [4.69, 9.17) is 10.3 Å². The van der Waals surface area contributed by atoms with Gasteiger partial charge in [0.25, 0.3) is 5.91 Å². The van der Waals surface area contributed by atoms with Crippen molar-refractivity contribution in [1.29, 1.82) is 0 Å². The fraction of sp³-hybridized carbons (Fsp3) is 0.200. The highest BCUT2D eigenvalue weighted by molar-refractivity contribution is 7.98. The van der Waals surface area contributed by atoms with E-state index >= 15 is 0 Å². The zero-order valence-electron chi connectivity index (χ0n) is 9.21. The van der Waals surface area contributed by atoms with Crippen molar-refractivity contribution in [3.63, 3.8) is 0 Å². The number of amides is 1. The van der Waals surface area contributed by atoms with E-state index in [1.54, 1.807) is 12.3 Å². The first kappa shape index (κ1) is 11.7. The zero-order valence-corrected chi connectivity index (χ0v) is 10.0. The first-order valence-electron chi connectivity index (χ1n) is 4.90. The molecule has 0 saturated heterocycles. The summed E-state index contributed by atoms with van der Waals surface area (Å²) in [4.78, 5) is 15.6. The van der Waals surface area contributed by atoms with Crippen LogP contribution in [-0.2, 0) is 12.8 Å². The number of aryl methyl sites for hydroxylation is 1. The van der Waals surface area contributed by atoms with Crippen LogP contribution in [0.15, 0.2) is 34.3 Å². The van der Waals surface area contributed by atoms with Crippen LogP contribution in [0.2, 0.25) is 0 Å². The maximum atomic E-state index is 11.4. The second kappa shape index (κ2) is 5.07. The number of aromatic nitrogens is 2. The van der Waals surface area contributed by atoms with Gasteiger partial charge in [0.05, 0.1) is 17.6 Å². The minimum absolute atomic E-state index is 0.353. The Hall–Kier alpha value is -1.73. The predicted molar refractivity (Wildman–Crippen MR) is 63.1 cm³/mol. The number of nitrogens with one attached hydrogen (secondary N) is 1. The van der Waals surface area contributed by atoms with Gasteiger partial charge in [-0.25, -0.2) is 10.8 Å². The fourth-order valence-corrected chi connectivity index (χ4v) is 2.24. The summed E-state index contributed by atoms with van der Waals surface area (Å²) in [5, 5.41) is 0.862. The van der Waals surface area contributed by atoms with Crippen LogP contribution in [0, 0.1) is 0 Å². The van der Waals surface area contributed by atoms with E-state index in [2.05, 4.69) is 10.4 Å². The summed E-state index contributed by atoms with van der Waals surface area (Å²) in [7, 11) is 1.91. The molecule has 0 saturated carbocycles. The van der Waals surface area contributed by atoms with Crippen LogP contribution in [0.3, 0.4) is 0 Å². The highest BCUT2D eigenvalue weighted by atomic mass is 32.2. The first-order valence-corrected chi connectivity index (χ1v) is 5.88. The minimum atomic E-state index is -0.353. The van der Waals surface area contributed by atoms with Crippen molar-refractivity contribution in [2.24, 2.45) is 12.9 Å². The fourth-order valence-electron chi connectivity index (χ4n) is 1.35. The molecule has 17 heavy (non-hydrogen) atoms. The van der Waals surface area contributed by atoms with Crippen LogP contribution in [0.1, 0.15) is 16.1 Å². The number of nitrogens with zero attached hydrogens (tertiary/aromatic N) is 2. The molecule has 2 aromatic rings. The van der Waals surface area contributed by atoms with E-state index < -0.39 is 0 Å². The molecular weight excluding hydrogens is 240 g/mol. The summed E-state index contributed by atoms with van der Waals surface area (Å²) < 4.78 is 7.15. The van der Waals surface area contributed by atoms with Gasteiger partial charge in [-0.2, -0.15) is 0 Å². The van der Waals surface area contributed by atoms with Gasteiger partial charge in [0.15, 0.2) is 5.16 Å². The quantitative estimate of drug-likeness (QED) is 0.365. The highest BCUT2D eigenvalue weighted by Gasteiger charge is 2.14. The van der Waals surface area contributed by atoms with Gasteiger partial charge in [-0.1, -0.05) is 11.8 Å². The number of nitrogens with two attached hydrogens (primary N) is 1. The van der Waals surface area contributed by atoms with Crippen LogP contribution < -0.4 is 11.3 Å². The molecule has 2 aromatic heterocycles. The lowest BCUT2D eigenvalue weighted by molar-refractivity contribution is 0.0952. The molecular formula is C10H12N4O2S. The first-order chi connectivity index (χ1) is 8.22. The third-order valence-corrected chi connectivity index (χ3v) is 3.29. The minimum Gasteiger partial charge on any atom is -0.468 e. The normalized spacial score (nSPS) is 10.5. The number of carbonyl (C=O) groups is 1. The molecule has 7 heteroatoms. The second-order valence-corrected chi connectivity index (χ2v) is 4.28. The summed E-state index contributed by atoms with van der Waals surface area (Å²) >= 11 is 1.49. The molecule has 0 bridgehead atoms. The Kier molecular flexibility index (Phi) is 3.50. The summed E-state index contributed by atoms with van der Waals surface area (Å²) in [6.45, 7) is 0. The van der Waals surface area contributed by atoms with Crippen LogP contribution in [0.5, 0.6) is 0 Å². The summed E-state index contributed by atoms with van der Waals surface area (Å²) in [5.74, 6) is 5.84. The van der Waals surface area contributed by atoms with Crippen molar-refractivity contribution in [3.8, 4) is 0 Å². The summed E-state index contributed by atoms with van der Waals surface area (Å²) in [6.07, 6.45) is 5.05. The van der Waals surface area contributed by atoms with Crippen molar-refractivity contribution in [3.05, 3.63) is 36.0 Å². The molecule has 0 aliphatic heterocycles. The van der Waals surface area contributed by atoms with Crippen LogP contribution in [0.25, 0.3) is 0 Å². The molecule has 0 aliphatic carbocycles. The van der Waals surface area contributed by atoms with E-state index in [1.807, 2.05) is 17.8 Å². The van der Waals surface area contributed by atoms with Gasteiger partial charge in [-0.05, 0) is 6.07 Å². The van der Waals surface area contributed by atoms with Crippen molar-refractivity contribution in [2.45, 2.75) is 10.9 Å². The SMILES string of the molecule is Cn1ccnc1SCc1occc1C(=O)NN. The maximum absolute atomic E-state index is 11.4. The number of thioether (sulfide) groups is 1. The topological polar surface area (TPSA) is 86.1 Å². The molecule has 2 rings (SSSR count). The number of hydrogen-bond acceptors (Lipinski definition) is 5. The lowest BCUT2D eigenvalue weighted by Gasteiger charge is -2.02. The van der Waals surface area contributed by atoms with Gasteiger partial charge in [0.2, 0.25) is 0 Å². The molecule has 1 amide bonds. The molecule has 0 aliphatic rings. The Morgan fingerprint density at radius 2 is 2.53 bits per heavy atom. The van der Waals surface area contributed by atoms with Crippen LogP contribution >= 0.6 is 11.8 Å². The average molecular weight is 252 g/mol. The van der Waals surface area contributed by atoms with Crippen LogP contribution in [-0.4, -0.2) is 15.5 Å². The van der Waals surface area contributed by atoms with Gasteiger partial charge in [-0.3, -0.25) is 10.2 Å². The third kappa shape index (κ3) is 2.51. The van der Waals surface area contributed by atoms with Crippen LogP contribution in [0.4, 0.5) is 0 Å². The Morgan fingerprint density at radius 1 is 1.71 bits per heavy atom. The molecule has 90 valence electrons. The molecule has 0 fully saturated rings. The monoisotopic (exact) mass is 252 g/mol. The molecule has 0 unspecified atom stereocenters. The Bertz CT molecular complexity index is 520. The largest absolute Gasteiger partial charge is 0.468 e. The summed E-state index contributed by atoms with van der Waals surface area (Å²) in [5.41, 5.74) is 2.54. The molecule has 0 atom stereocenters. The zero-order chi connectivity index (χ0) is 12.3. The van der Waals surface area contributed by atoms with E-state index in [0.29, 0.717) is 17.1 Å². The third-order valence-electron chi connectivity index (χ3n) is 2.23. The van der Waals surface area contributed by atoms with Gasteiger partial charge in [0.1, 0.15) is 5.76 Å². The van der Waals surface area contributed by atoms with Crippen molar-refractivity contribution in [2.75, 3.05) is 0 Å². The number of hydrazine groups is 1. The molecule has 0 aromatic carbocycles. The Morgan fingerprint density at radius 3 is 3.18 bits per heavy atom. The van der Waals surface area contributed by atoms with Crippen molar-refractivity contribution in [1.82, 2.24) is 15.0 Å². The number of carbonyl (C=O) groups excluding carboxylic acids is 1. The molecule has 0 spiro atoms. The lowest BCUT2D eigenvalue weighted by atomic mass is 10.2. The number of hydrogen-bond donors (Lipinski definition) is 2. The van der Waals surface area contributed by atoms with E-state index in [9.17, 15) is 4.79 Å². The number of imidazole rings is 1. The van der Waals surface area contributed by atoms with Gasteiger partial charge in [-0.15, -0.1) is 0 Å². The number of furan rings is 1. The Labute approximate surface area is 102 Å². The molecule has 6 nitrogen and oxygen atoms in total. The van der Waals surface area contributed by atoms with Gasteiger partial charge < -0.3 is 8.98 Å². The van der Waals surface area contributed by atoms with Gasteiger partial charge >= 0.3 is 0 Å². The number of rotatable bonds is 4. The maximum Gasteiger partial charge on any atom is 0.268 e. The van der Waals surface area contributed by atoms with Crippen molar-refractivity contribution >= 4 is 17.7 Å². The highest BCUT2D eigenvalue weighted by Crippen LogP contribution is 2.23. The standard InChI is InChI=1S/C10H12N4O2S/c1-14-4-3-12-10(14)17-6-8-7(2-5-16-8)9(15)13-11/h2-5H,6,11H2,1H3,(H,13,15). The van der Waals surface area contributed by atoms with E-state index in [0.717, 1.165) is 5.16 Å². The second-order valence-electron chi connectivity index (χ2n) is 3.34. The lowest BCUT2D eigenvalue weighted by Crippen LogP contribution is -2.30. The smallest absolute Gasteiger partial charge is 0.268 e. The van der Waals surface area contributed by atoms with E-state index in [1.165, 1.54) is 18.0 Å². The average Bonchev–Trinajstić information content (AvgIpc) is 2.94.